The molecule has 0 fully saturated rings. The smallest absolute Gasteiger partial charge is 0.138 e. The zero-order chi connectivity index (χ0) is 14.6. The zero-order valence-corrected chi connectivity index (χ0v) is 13.6. The van der Waals surface area contributed by atoms with E-state index in [9.17, 15) is 0 Å². The number of ether oxygens (including phenoxy) is 1. The second-order valence-corrected chi connectivity index (χ2v) is 5.60. The van der Waals surface area contributed by atoms with Crippen LogP contribution >= 0.6 is 11.6 Å². The van der Waals surface area contributed by atoms with Crippen LogP contribution in [-0.2, 0) is 0 Å². The van der Waals surface area contributed by atoms with Crippen molar-refractivity contribution in [2.45, 2.75) is 58.8 Å². The van der Waals surface area contributed by atoms with E-state index in [1.165, 1.54) is 38.5 Å². The third-order valence-electron chi connectivity index (χ3n) is 3.25. The minimum Gasteiger partial charge on any atom is -0.492 e. The monoisotopic (exact) mass is 297 g/mol. The van der Waals surface area contributed by atoms with Crippen molar-refractivity contribution in [3.8, 4) is 5.75 Å². The summed E-state index contributed by atoms with van der Waals surface area (Å²) in [7, 11) is 0. The van der Waals surface area contributed by atoms with E-state index >= 15 is 0 Å². The second-order valence-electron chi connectivity index (χ2n) is 5.19. The van der Waals surface area contributed by atoms with E-state index in [2.05, 4.69) is 19.2 Å². The highest BCUT2D eigenvalue weighted by molar-refractivity contribution is 6.32. The van der Waals surface area contributed by atoms with E-state index in [-0.39, 0.29) is 0 Å². The summed E-state index contributed by atoms with van der Waals surface area (Å²) in [6.45, 7) is 6.06. The third-order valence-corrected chi connectivity index (χ3v) is 3.55. The molecular formula is C17H28ClNO. The zero-order valence-electron chi connectivity index (χ0n) is 12.9. The molecule has 20 heavy (non-hydrogen) atoms. The topological polar surface area (TPSA) is 21.3 Å². The van der Waals surface area contributed by atoms with Gasteiger partial charge in [0.2, 0.25) is 0 Å². The molecule has 0 aromatic heterocycles. The molecule has 1 aromatic rings. The Balaban J connectivity index is 2.22. The van der Waals surface area contributed by atoms with Gasteiger partial charge in [-0.1, -0.05) is 57.6 Å². The normalized spacial score (nSPS) is 10.6. The van der Waals surface area contributed by atoms with Crippen molar-refractivity contribution in [3.05, 3.63) is 23.2 Å². The van der Waals surface area contributed by atoms with Gasteiger partial charge in [0, 0.05) is 12.2 Å². The standard InChI is InChI=1S/C17H28ClNO/c1-3-5-6-7-8-9-12-19-15-10-11-17(16(18)14-15)20-13-4-2/h10-11,14,19H,3-9,12-13H2,1-2H3. The van der Waals surface area contributed by atoms with E-state index in [0.717, 1.165) is 24.4 Å². The molecule has 0 atom stereocenters. The van der Waals surface area contributed by atoms with Crippen molar-refractivity contribution in [2.75, 3.05) is 18.5 Å². The molecule has 114 valence electrons. The molecule has 0 aliphatic rings. The minimum absolute atomic E-state index is 0.686. The van der Waals surface area contributed by atoms with Gasteiger partial charge in [-0.3, -0.25) is 0 Å². The fourth-order valence-corrected chi connectivity index (χ4v) is 2.31. The predicted octanol–water partition coefficient (Wildman–Crippen LogP) is 5.90. The highest BCUT2D eigenvalue weighted by Crippen LogP contribution is 2.27. The SMILES string of the molecule is CCCCCCCCNc1ccc(OCCC)c(Cl)c1. The quantitative estimate of drug-likeness (QED) is 0.513. The van der Waals surface area contributed by atoms with Gasteiger partial charge in [0.05, 0.1) is 11.6 Å². The summed E-state index contributed by atoms with van der Waals surface area (Å²) in [5, 5.41) is 4.11. The molecule has 1 rings (SSSR count). The Morgan fingerprint density at radius 2 is 1.75 bits per heavy atom. The van der Waals surface area contributed by atoms with E-state index in [1.54, 1.807) is 0 Å². The first-order chi connectivity index (χ1) is 9.77. The van der Waals surface area contributed by atoms with Crippen molar-refractivity contribution in [1.29, 1.82) is 0 Å². The van der Waals surface area contributed by atoms with E-state index < -0.39 is 0 Å². The Morgan fingerprint density at radius 1 is 1.00 bits per heavy atom. The Kier molecular flexibility index (Phi) is 9.31. The van der Waals surface area contributed by atoms with E-state index in [4.69, 9.17) is 16.3 Å². The average Bonchev–Trinajstić information content (AvgIpc) is 2.45. The van der Waals surface area contributed by atoms with Crippen molar-refractivity contribution in [3.63, 3.8) is 0 Å². The molecule has 0 radical (unpaired) electrons. The summed E-state index contributed by atoms with van der Waals surface area (Å²) in [5.41, 5.74) is 1.08. The first kappa shape index (κ1) is 17.2. The minimum atomic E-state index is 0.686. The third kappa shape index (κ3) is 7.04. The molecule has 1 N–H and O–H groups in total. The van der Waals surface area contributed by atoms with Crippen LogP contribution in [0.25, 0.3) is 0 Å². The van der Waals surface area contributed by atoms with Crippen LogP contribution in [0.5, 0.6) is 5.75 Å². The number of hydrogen-bond donors (Lipinski definition) is 1. The molecule has 0 spiro atoms. The molecule has 2 nitrogen and oxygen atoms in total. The Labute approximate surface area is 128 Å². The number of anilines is 1. The van der Waals surface area contributed by atoms with Crippen molar-refractivity contribution < 1.29 is 4.74 Å². The largest absolute Gasteiger partial charge is 0.492 e. The van der Waals surface area contributed by atoms with Gasteiger partial charge in [-0.05, 0) is 31.0 Å². The highest BCUT2D eigenvalue weighted by atomic mass is 35.5. The lowest BCUT2D eigenvalue weighted by molar-refractivity contribution is 0.317. The van der Waals surface area contributed by atoms with Gasteiger partial charge < -0.3 is 10.1 Å². The molecule has 0 saturated carbocycles. The Morgan fingerprint density at radius 3 is 2.45 bits per heavy atom. The molecule has 1 aromatic carbocycles. The van der Waals surface area contributed by atoms with Crippen molar-refractivity contribution in [1.82, 2.24) is 0 Å². The molecule has 0 heterocycles. The number of nitrogens with one attached hydrogen (secondary N) is 1. The molecule has 0 amide bonds. The van der Waals surface area contributed by atoms with Crippen LogP contribution in [0.3, 0.4) is 0 Å². The van der Waals surface area contributed by atoms with E-state index in [1.807, 2.05) is 18.2 Å². The molecule has 0 bridgehead atoms. The van der Waals surface area contributed by atoms with Crippen LogP contribution in [0.4, 0.5) is 5.69 Å². The van der Waals surface area contributed by atoms with Crippen LogP contribution < -0.4 is 10.1 Å². The summed E-state index contributed by atoms with van der Waals surface area (Å²) in [4.78, 5) is 0. The summed E-state index contributed by atoms with van der Waals surface area (Å²) < 4.78 is 5.56. The molecular weight excluding hydrogens is 270 g/mol. The number of halogens is 1. The summed E-state index contributed by atoms with van der Waals surface area (Å²) >= 11 is 6.20. The number of benzene rings is 1. The maximum Gasteiger partial charge on any atom is 0.138 e. The molecule has 0 saturated heterocycles. The lowest BCUT2D eigenvalue weighted by atomic mass is 10.1. The summed E-state index contributed by atoms with van der Waals surface area (Å²) in [5.74, 6) is 0.777. The number of rotatable bonds is 11. The van der Waals surface area contributed by atoms with Gasteiger partial charge in [-0.25, -0.2) is 0 Å². The highest BCUT2D eigenvalue weighted by Gasteiger charge is 2.02. The lowest BCUT2D eigenvalue weighted by Crippen LogP contribution is -2.02. The van der Waals surface area contributed by atoms with Gasteiger partial charge in [0.25, 0.3) is 0 Å². The van der Waals surface area contributed by atoms with Crippen LogP contribution in [0.1, 0.15) is 58.8 Å². The Hall–Kier alpha value is -0.890. The molecule has 0 aliphatic carbocycles. The maximum atomic E-state index is 6.20. The van der Waals surface area contributed by atoms with Gasteiger partial charge >= 0.3 is 0 Å². The van der Waals surface area contributed by atoms with Crippen molar-refractivity contribution in [2.24, 2.45) is 0 Å². The molecule has 0 aliphatic heterocycles. The van der Waals surface area contributed by atoms with Crippen LogP contribution in [0, 0.1) is 0 Å². The first-order valence-electron chi connectivity index (χ1n) is 7.94. The van der Waals surface area contributed by atoms with Gasteiger partial charge in [0.15, 0.2) is 0 Å². The van der Waals surface area contributed by atoms with Crippen molar-refractivity contribution >= 4 is 17.3 Å². The van der Waals surface area contributed by atoms with Gasteiger partial charge in [-0.2, -0.15) is 0 Å². The Bertz CT molecular complexity index is 368. The maximum absolute atomic E-state index is 6.20. The molecule has 3 heteroatoms. The fraction of sp³-hybridized carbons (Fsp3) is 0.647. The summed E-state index contributed by atoms with van der Waals surface area (Å²) in [6, 6.07) is 5.93. The summed E-state index contributed by atoms with van der Waals surface area (Å²) in [6.07, 6.45) is 8.90. The number of hydrogen-bond acceptors (Lipinski definition) is 2. The fourth-order valence-electron chi connectivity index (χ4n) is 2.08. The van der Waals surface area contributed by atoms with Gasteiger partial charge in [-0.15, -0.1) is 0 Å². The van der Waals surface area contributed by atoms with Gasteiger partial charge in [0.1, 0.15) is 5.75 Å². The number of unbranched alkanes of at least 4 members (excludes halogenated alkanes) is 5. The van der Waals surface area contributed by atoms with Crippen LogP contribution in [0.2, 0.25) is 5.02 Å². The second kappa shape index (κ2) is 10.8. The van der Waals surface area contributed by atoms with Crippen LogP contribution in [-0.4, -0.2) is 13.2 Å². The average molecular weight is 298 g/mol. The first-order valence-corrected chi connectivity index (χ1v) is 8.32. The van der Waals surface area contributed by atoms with E-state index in [0.29, 0.717) is 11.6 Å². The predicted molar refractivity (Wildman–Crippen MR) is 89.1 cm³/mol. The lowest BCUT2D eigenvalue weighted by Gasteiger charge is -2.10. The molecule has 0 unspecified atom stereocenters. The van der Waals surface area contributed by atoms with Crippen LogP contribution in [0.15, 0.2) is 18.2 Å².